The van der Waals surface area contributed by atoms with Gasteiger partial charge in [0.1, 0.15) is 5.75 Å². The van der Waals surface area contributed by atoms with Crippen molar-refractivity contribution in [1.29, 1.82) is 0 Å². The molecule has 0 spiro atoms. The second-order valence-electron chi connectivity index (χ2n) is 3.38. The van der Waals surface area contributed by atoms with Crippen LogP contribution in [0.5, 0.6) is 5.75 Å². The lowest BCUT2D eigenvalue weighted by Gasteiger charge is -2.08. The maximum Gasteiger partial charge on any atom is 0.308 e. The lowest BCUT2D eigenvalue weighted by atomic mass is 10.2. The van der Waals surface area contributed by atoms with Gasteiger partial charge in [-0.25, -0.2) is 0 Å². The van der Waals surface area contributed by atoms with Crippen molar-refractivity contribution >= 4 is 11.9 Å². The Kier molecular flexibility index (Phi) is 3.82. The van der Waals surface area contributed by atoms with Crippen molar-refractivity contribution in [3.05, 3.63) is 24.0 Å². The Morgan fingerprint density at radius 2 is 2.19 bits per heavy atom. The van der Waals surface area contributed by atoms with Gasteiger partial charge in [-0.05, 0) is 6.07 Å². The van der Waals surface area contributed by atoms with Crippen molar-refractivity contribution in [2.24, 2.45) is 5.92 Å². The average molecular weight is 224 g/mol. The molecule has 0 bridgehead atoms. The summed E-state index contributed by atoms with van der Waals surface area (Å²) in [4.78, 5) is 25.6. The molecule has 0 saturated heterocycles. The van der Waals surface area contributed by atoms with Crippen LogP contribution in [0.25, 0.3) is 0 Å². The molecule has 0 aliphatic rings. The van der Waals surface area contributed by atoms with Gasteiger partial charge in [0.05, 0.1) is 17.7 Å². The number of carboxylic acids is 1. The van der Waals surface area contributed by atoms with Crippen molar-refractivity contribution in [3.8, 4) is 5.75 Å². The van der Waals surface area contributed by atoms with Crippen LogP contribution >= 0.6 is 0 Å². The Morgan fingerprint density at radius 3 is 2.75 bits per heavy atom. The van der Waals surface area contributed by atoms with E-state index in [2.05, 4.69) is 10.3 Å². The number of hydrogen-bond donors (Lipinski definition) is 3. The topological polar surface area (TPSA) is 99.5 Å². The van der Waals surface area contributed by atoms with Crippen LogP contribution < -0.4 is 5.32 Å². The molecule has 86 valence electrons. The molecular formula is C10H12N2O4. The first kappa shape index (κ1) is 12.0. The minimum absolute atomic E-state index is 0.0316. The van der Waals surface area contributed by atoms with E-state index in [-0.39, 0.29) is 17.9 Å². The molecule has 0 radical (unpaired) electrons. The number of aliphatic carboxylic acids is 1. The molecular weight excluding hydrogens is 212 g/mol. The number of aromatic nitrogens is 1. The van der Waals surface area contributed by atoms with Crippen LogP contribution in [0, 0.1) is 5.92 Å². The molecule has 0 saturated carbocycles. The molecule has 6 nitrogen and oxygen atoms in total. The van der Waals surface area contributed by atoms with Crippen LogP contribution in [0.3, 0.4) is 0 Å². The van der Waals surface area contributed by atoms with Gasteiger partial charge in [0.2, 0.25) is 0 Å². The Labute approximate surface area is 91.9 Å². The van der Waals surface area contributed by atoms with E-state index in [1.54, 1.807) is 0 Å². The molecule has 1 unspecified atom stereocenters. The number of carbonyl (C=O) groups is 2. The average Bonchev–Trinajstić information content (AvgIpc) is 2.25. The van der Waals surface area contributed by atoms with E-state index < -0.39 is 17.8 Å². The molecule has 0 aliphatic heterocycles. The number of nitrogens with one attached hydrogen (secondary N) is 1. The lowest BCUT2D eigenvalue weighted by Crippen LogP contribution is -2.31. The highest BCUT2D eigenvalue weighted by Gasteiger charge is 2.13. The van der Waals surface area contributed by atoms with Gasteiger partial charge in [-0.15, -0.1) is 0 Å². The van der Waals surface area contributed by atoms with Gasteiger partial charge in [0, 0.05) is 12.7 Å². The van der Waals surface area contributed by atoms with Crippen LogP contribution in [-0.2, 0) is 4.79 Å². The number of rotatable bonds is 4. The van der Waals surface area contributed by atoms with Crippen molar-refractivity contribution in [2.75, 3.05) is 6.54 Å². The largest absolute Gasteiger partial charge is 0.506 e. The first-order chi connectivity index (χ1) is 7.50. The summed E-state index contributed by atoms with van der Waals surface area (Å²) in [7, 11) is 0. The van der Waals surface area contributed by atoms with E-state index >= 15 is 0 Å². The highest BCUT2D eigenvalue weighted by molar-refractivity contribution is 5.94. The second-order valence-corrected chi connectivity index (χ2v) is 3.38. The zero-order valence-electron chi connectivity index (χ0n) is 8.67. The number of hydrogen-bond acceptors (Lipinski definition) is 4. The molecule has 1 heterocycles. The third-order valence-corrected chi connectivity index (χ3v) is 1.98. The molecule has 1 aromatic rings. The van der Waals surface area contributed by atoms with Gasteiger partial charge in [-0.1, -0.05) is 6.92 Å². The fraction of sp³-hybridized carbons (Fsp3) is 0.300. The minimum Gasteiger partial charge on any atom is -0.506 e. The summed E-state index contributed by atoms with van der Waals surface area (Å²) in [5.41, 5.74) is 0.192. The quantitative estimate of drug-likeness (QED) is 0.680. The number of nitrogens with zero attached hydrogens (tertiary/aromatic N) is 1. The van der Waals surface area contributed by atoms with Gasteiger partial charge in [-0.2, -0.15) is 0 Å². The zero-order chi connectivity index (χ0) is 12.1. The van der Waals surface area contributed by atoms with E-state index in [0.717, 1.165) is 0 Å². The lowest BCUT2D eigenvalue weighted by molar-refractivity contribution is -0.140. The number of aromatic hydroxyl groups is 1. The molecule has 1 rings (SSSR count). The molecule has 1 aromatic heterocycles. The fourth-order valence-electron chi connectivity index (χ4n) is 0.987. The first-order valence-corrected chi connectivity index (χ1v) is 4.65. The number of carboxylic acid groups (broad SMARTS) is 1. The summed E-state index contributed by atoms with van der Waals surface area (Å²) in [5.74, 6) is -2.21. The molecule has 0 aliphatic carbocycles. The monoisotopic (exact) mass is 224 g/mol. The van der Waals surface area contributed by atoms with Gasteiger partial charge < -0.3 is 15.5 Å². The summed E-state index contributed by atoms with van der Waals surface area (Å²) in [6.07, 6.45) is 2.50. The third kappa shape index (κ3) is 3.23. The third-order valence-electron chi connectivity index (χ3n) is 1.98. The molecule has 1 amide bonds. The molecule has 0 aromatic carbocycles. The van der Waals surface area contributed by atoms with Crippen molar-refractivity contribution in [1.82, 2.24) is 10.3 Å². The van der Waals surface area contributed by atoms with E-state index in [1.807, 2.05) is 0 Å². The Hall–Kier alpha value is -2.11. The Bertz CT molecular complexity index is 406. The Balaban J connectivity index is 2.56. The van der Waals surface area contributed by atoms with Crippen LogP contribution in [0.2, 0.25) is 0 Å². The van der Waals surface area contributed by atoms with Crippen LogP contribution in [-0.4, -0.2) is 33.6 Å². The number of carbonyl (C=O) groups excluding carboxylic acids is 1. The summed E-state index contributed by atoms with van der Waals surface area (Å²) in [6, 6.07) is 1.26. The molecule has 16 heavy (non-hydrogen) atoms. The smallest absolute Gasteiger partial charge is 0.308 e. The predicted octanol–water partition coefficient (Wildman–Crippen LogP) is 0.238. The van der Waals surface area contributed by atoms with Gasteiger partial charge in [0.15, 0.2) is 0 Å². The van der Waals surface area contributed by atoms with Gasteiger partial charge in [-0.3, -0.25) is 14.6 Å². The number of amides is 1. The zero-order valence-corrected chi connectivity index (χ0v) is 8.67. The molecule has 1 atom stereocenters. The van der Waals surface area contributed by atoms with E-state index in [0.29, 0.717) is 0 Å². The van der Waals surface area contributed by atoms with Gasteiger partial charge in [0.25, 0.3) is 5.91 Å². The molecule has 3 N–H and O–H groups in total. The second kappa shape index (κ2) is 5.11. The van der Waals surface area contributed by atoms with Crippen molar-refractivity contribution in [3.63, 3.8) is 0 Å². The van der Waals surface area contributed by atoms with Gasteiger partial charge >= 0.3 is 5.97 Å². The predicted molar refractivity (Wildman–Crippen MR) is 55.0 cm³/mol. The van der Waals surface area contributed by atoms with E-state index in [9.17, 15) is 9.59 Å². The summed E-state index contributed by atoms with van der Waals surface area (Å²) < 4.78 is 0. The highest BCUT2D eigenvalue weighted by Crippen LogP contribution is 2.08. The Morgan fingerprint density at radius 1 is 1.50 bits per heavy atom. The van der Waals surface area contributed by atoms with Crippen LogP contribution in [0.4, 0.5) is 0 Å². The summed E-state index contributed by atoms with van der Waals surface area (Å²) >= 11 is 0. The van der Waals surface area contributed by atoms with E-state index in [1.165, 1.54) is 25.4 Å². The molecule has 6 heteroatoms. The van der Waals surface area contributed by atoms with E-state index in [4.69, 9.17) is 10.2 Å². The summed E-state index contributed by atoms with van der Waals surface area (Å²) in [6.45, 7) is 1.52. The van der Waals surface area contributed by atoms with Crippen LogP contribution in [0.1, 0.15) is 17.3 Å². The highest BCUT2D eigenvalue weighted by atomic mass is 16.4. The number of pyridine rings is 1. The summed E-state index contributed by atoms with van der Waals surface area (Å²) in [5, 5.41) is 20.1. The fourth-order valence-corrected chi connectivity index (χ4v) is 0.987. The standard InChI is InChI=1S/C10H12N2O4/c1-6(10(15)16)3-12-9(14)7-2-8(13)5-11-4-7/h2,4-6,13H,3H2,1H3,(H,12,14)(H,15,16). The molecule has 0 fully saturated rings. The normalized spacial score (nSPS) is 11.8. The minimum atomic E-state index is -0.977. The maximum atomic E-state index is 11.5. The maximum absolute atomic E-state index is 11.5. The van der Waals surface area contributed by atoms with Crippen molar-refractivity contribution < 1.29 is 19.8 Å². The van der Waals surface area contributed by atoms with Crippen molar-refractivity contribution in [2.45, 2.75) is 6.92 Å². The SMILES string of the molecule is CC(CNC(=O)c1cncc(O)c1)C(=O)O. The first-order valence-electron chi connectivity index (χ1n) is 4.65. The van der Waals surface area contributed by atoms with Crippen LogP contribution in [0.15, 0.2) is 18.5 Å².